The molecule has 5 heteroatoms. The fourth-order valence-corrected chi connectivity index (χ4v) is 3.44. The Hall–Kier alpha value is -1.27. The molecule has 0 radical (unpaired) electrons. The number of hydrogen-bond donors (Lipinski definition) is 1. The smallest absolute Gasteiger partial charge is 0.411 e. The van der Waals surface area contributed by atoms with Crippen molar-refractivity contribution in [3.05, 3.63) is 52.1 Å². The second-order valence-electron chi connectivity index (χ2n) is 4.64. The lowest BCUT2D eigenvalue weighted by atomic mass is 10.1. The molecule has 1 fully saturated rings. The van der Waals surface area contributed by atoms with Crippen molar-refractivity contribution in [2.24, 2.45) is 0 Å². The minimum absolute atomic E-state index is 0.0128. The van der Waals surface area contributed by atoms with Gasteiger partial charge in [0.05, 0.1) is 12.2 Å². The zero-order valence-corrected chi connectivity index (χ0v) is 10.9. The number of rotatable bonds is 1. The van der Waals surface area contributed by atoms with E-state index < -0.39 is 5.97 Å². The Kier molecular flexibility index (Phi) is 2.50. The molecule has 1 spiro atoms. The molecule has 1 N–H and O–H groups in total. The van der Waals surface area contributed by atoms with E-state index in [1.54, 1.807) is 11.8 Å². The average Bonchev–Trinajstić information content (AvgIpc) is 3.23. The first-order chi connectivity index (χ1) is 9.31. The van der Waals surface area contributed by atoms with E-state index >= 15 is 0 Å². The fourth-order valence-electron chi connectivity index (χ4n) is 2.31. The van der Waals surface area contributed by atoms with Gasteiger partial charge in [-0.05, 0) is 36.6 Å². The van der Waals surface area contributed by atoms with Crippen molar-refractivity contribution in [1.82, 2.24) is 0 Å². The molecule has 4 rings (SSSR count). The third-order valence-electron chi connectivity index (χ3n) is 3.35. The van der Waals surface area contributed by atoms with Crippen LogP contribution in [0.25, 0.3) is 0 Å². The summed E-state index contributed by atoms with van der Waals surface area (Å²) in [5.74, 6) is -0.303. The molecule has 2 aliphatic heterocycles. The van der Waals surface area contributed by atoms with Crippen LogP contribution in [0.15, 0.2) is 45.9 Å². The summed E-state index contributed by atoms with van der Waals surface area (Å²) in [5.41, 5.74) is 1.64. The van der Waals surface area contributed by atoms with E-state index in [2.05, 4.69) is 6.08 Å². The predicted molar refractivity (Wildman–Crippen MR) is 68.6 cm³/mol. The second-order valence-corrected chi connectivity index (χ2v) is 5.78. The minimum atomic E-state index is -1.12. The SMILES string of the molecule is OCc1ccc2c(c1)C1(OO1)OC1=C(CCC=C1)S2. The molecule has 1 saturated heterocycles. The molecule has 1 aromatic carbocycles. The lowest BCUT2D eigenvalue weighted by molar-refractivity contribution is -0.00920. The van der Waals surface area contributed by atoms with Gasteiger partial charge in [0.15, 0.2) is 0 Å². The maximum atomic E-state index is 9.26. The standard InChI is InChI=1S/C14H12O4S/c15-8-9-5-6-12-10(7-9)14(17-18-14)16-11-3-1-2-4-13(11)19-12/h1,3,5-7,15H,2,4,8H2. The summed E-state index contributed by atoms with van der Waals surface area (Å²) in [6.07, 6.45) is 6.05. The van der Waals surface area contributed by atoms with Crippen LogP contribution in [0, 0.1) is 0 Å². The van der Waals surface area contributed by atoms with Gasteiger partial charge in [0.25, 0.3) is 0 Å². The van der Waals surface area contributed by atoms with Crippen LogP contribution in [0.3, 0.4) is 0 Å². The second kappa shape index (κ2) is 4.11. The minimum Gasteiger partial charge on any atom is -0.431 e. The van der Waals surface area contributed by atoms with Gasteiger partial charge in [-0.3, -0.25) is 0 Å². The van der Waals surface area contributed by atoms with Gasteiger partial charge in [-0.25, -0.2) is 0 Å². The number of benzene rings is 1. The molecule has 0 bridgehead atoms. The maximum absolute atomic E-state index is 9.26. The fraction of sp³-hybridized carbons (Fsp3) is 0.286. The quantitative estimate of drug-likeness (QED) is 0.631. The Labute approximate surface area is 114 Å². The molecule has 4 nitrogen and oxygen atoms in total. The molecule has 3 aliphatic rings. The van der Waals surface area contributed by atoms with Crippen molar-refractivity contribution in [2.45, 2.75) is 30.3 Å². The van der Waals surface area contributed by atoms with Gasteiger partial charge in [-0.2, -0.15) is 0 Å². The molecule has 1 aromatic rings. The van der Waals surface area contributed by atoms with Crippen LogP contribution in [0.5, 0.6) is 0 Å². The van der Waals surface area contributed by atoms with Gasteiger partial charge in [0, 0.05) is 9.80 Å². The van der Waals surface area contributed by atoms with E-state index in [1.165, 1.54) is 4.91 Å². The molecule has 0 aromatic heterocycles. The number of aliphatic hydroxyl groups is 1. The van der Waals surface area contributed by atoms with Crippen LogP contribution in [0.4, 0.5) is 0 Å². The molecule has 2 heterocycles. The lowest BCUT2D eigenvalue weighted by Crippen LogP contribution is -2.13. The number of fused-ring (bicyclic) bond motifs is 2. The molecule has 0 unspecified atom stereocenters. The van der Waals surface area contributed by atoms with Gasteiger partial charge < -0.3 is 9.84 Å². The topological polar surface area (TPSA) is 54.5 Å². The summed E-state index contributed by atoms with van der Waals surface area (Å²) < 4.78 is 5.89. The number of allylic oxidation sites excluding steroid dienone is 3. The largest absolute Gasteiger partial charge is 0.431 e. The predicted octanol–water partition coefficient (Wildman–Crippen LogP) is 2.93. The van der Waals surface area contributed by atoms with Crippen LogP contribution in [0.2, 0.25) is 0 Å². The molecule has 0 amide bonds. The average molecular weight is 276 g/mol. The number of hydrogen-bond acceptors (Lipinski definition) is 5. The third kappa shape index (κ3) is 1.81. The van der Waals surface area contributed by atoms with E-state index in [1.807, 2.05) is 24.3 Å². The van der Waals surface area contributed by atoms with Crippen molar-refractivity contribution in [3.63, 3.8) is 0 Å². The summed E-state index contributed by atoms with van der Waals surface area (Å²) >= 11 is 1.68. The Bertz CT molecular complexity index is 601. The highest BCUT2D eigenvalue weighted by molar-refractivity contribution is 8.03. The van der Waals surface area contributed by atoms with E-state index in [0.717, 1.165) is 34.6 Å². The van der Waals surface area contributed by atoms with Crippen molar-refractivity contribution in [2.75, 3.05) is 0 Å². The molecular weight excluding hydrogens is 264 g/mol. The Morgan fingerprint density at radius 3 is 3.00 bits per heavy atom. The molecule has 0 atom stereocenters. The molecule has 1 aliphatic carbocycles. The molecular formula is C14H12O4S. The van der Waals surface area contributed by atoms with E-state index in [0.29, 0.717) is 0 Å². The van der Waals surface area contributed by atoms with Crippen molar-refractivity contribution in [1.29, 1.82) is 0 Å². The van der Waals surface area contributed by atoms with Crippen LogP contribution in [-0.4, -0.2) is 5.11 Å². The first-order valence-electron chi connectivity index (χ1n) is 6.18. The first-order valence-corrected chi connectivity index (χ1v) is 7.00. The summed E-state index contributed by atoms with van der Waals surface area (Å²) in [5, 5.41) is 9.26. The zero-order chi connectivity index (χ0) is 12.9. The van der Waals surface area contributed by atoms with Crippen LogP contribution < -0.4 is 0 Å². The molecule has 19 heavy (non-hydrogen) atoms. The molecule has 0 saturated carbocycles. The van der Waals surface area contributed by atoms with Crippen LogP contribution >= 0.6 is 11.8 Å². The summed E-state index contributed by atoms with van der Waals surface area (Å²) in [6.45, 7) is -0.0128. The lowest BCUT2D eigenvalue weighted by Gasteiger charge is -2.13. The zero-order valence-electron chi connectivity index (χ0n) is 10.1. The van der Waals surface area contributed by atoms with Gasteiger partial charge in [0.1, 0.15) is 5.76 Å². The highest BCUT2D eigenvalue weighted by atomic mass is 32.2. The number of aliphatic hydroxyl groups excluding tert-OH is 1. The Morgan fingerprint density at radius 1 is 1.32 bits per heavy atom. The van der Waals surface area contributed by atoms with Crippen LogP contribution in [-0.2, 0) is 27.1 Å². The van der Waals surface area contributed by atoms with Gasteiger partial charge in [-0.15, -0.1) is 9.78 Å². The summed E-state index contributed by atoms with van der Waals surface area (Å²) in [7, 11) is 0. The highest BCUT2D eigenvalue weighted by Gasteiger charge is 2.57. The van der Waals surface area contributed by atoms with Gasteiger partial charge in [0.2, 0.25) is 0 Å². The Balaban J connectivity index is 1.84. The third-order valence-corrected chi connectivity index (χ3v) is 4.58. The van der Waals surface area contributed by atoms with Crippen molar-refractivity contribution >= 4 is 11.8 Å². The first kappa shape index (κ1) is 11.5. The maximum Gasteiger partial charge on any atom is 0.411 e. The summed E-state index contributed by atoms with van der Waals surface area (Å²) in [4.78, 5) is 12.5. The normalized spacial score (nSPS) is 22.6. The van der Waals surface area contributed by atoms with Gasteiger partial charge in [-0.1, -0.05) is 23.9 Å². The van der Waals surface area contributed by atoms with Crippen molar-refractivity contribution in [3.8, 4) is 0 Å². The van der Waals surface area contributed by atoms with E-state index in [9.17, 15) is 5.11 Å². The molecule has 98 valence electrons. The number of ether oxygens (including phenoxy) is 1. The Morgan fingerprint density at radius 2 is 2.21 bits per heavy atom. The van der Waals surface area contributed by atoms with Gasteiger partial charge >= 0.3 is 5.97 Å². The highest BCUT2D eigenvalue weighted by Crippen LogP contribution is 2.53. The number of thioether (sulfide) groups is 1. The van der Waals surface area contributed by atoms with E-state index in [-0.39, 0.29) is 6.61 Å². The summed E-state index contributed by atoms with van der Waals surface area (Å²) in [6, 6.07) is 5.76. The van der Waals surface area contributed by atoms with Crippen molar-refractivity contribution < 1.29 is 19.6 Å². The monoisotopic (exact) mass is 276 g/mol. The van der Waals surface area contributed by atoms with Crippen LogP contribution in [0.1, 0.15) is 24.0 Å². The van der Waals surface area contributed by atoms with E-state index in [4.69, 9.17) is 14.5 Å².